The van der Waals surface area contributed by atoms with Crippen LogP contribution in [0, 0.1) is 0 Å². The molecule has 0 radical (unpaired) electrons. The van der Waals surface area contributed by atoms with Gasteiger partial charge < -0.3 is 30.3 Å². The Hall–Kier alpha value is -3.84. The molecule has 42 heteroatoms. The fourth-order valence-electron chi connectivity index (χ4n) is 5.86. The van der Waals surface area contributed by atoms with Gasteiger partial charge in [-0.25, -0.2) is 34.7 Å². The molecule has 2 aliphatic heterocycles. The molecule has 0 saturated carbocycles. The smallest absolute Gasteiger partial charge is 0.397 e. The van der Waals surface area contributed by atoms with Gasteiger partial charge in [-0.15, -0.1) is 0 Å². The number of hydrogen-bond acceptors (Lipinski definition) is 26. The van der Waals surface area contributed by atoms with Crippen LogP contribution in [0.1, 0.15) is 12.8 Å². The normalized spacial score (nSPS) is 25.9. The quantitative estimate of drug-likeness (QED) is 0.0537. The van der Waals surface area contributed by atoms with Gasteiger partial charge in [0.2, 0.25) is 11.8 Å². The first kappa shape index (κ1) is 58.7. The Morgan fingerprint density at radius 1 is 0.429 bits per heavy atom. The molecule has 2 amide bonds. The van der Waals surface area contributed by atoms with Crippen molar-refractivity contribution in [1.82, 2.24) is 0 Å². The van der Waals surface area contributed by atoms with E-state index in [-0.39, 0.29) is 21.2 Å². The van der Waals surface area contributed by atoms with E-state index in [0.717, 1.165) is 0 Å². The lowest BCUT2D eigenvalue weighted by Crippen LogP contribution is -2.62. The van der Waals surface area contributed by atoms with Crippen molar-refractivity contribution in [3.05, 3.63) is 48.5 Å². The number of rotatable bonds is 23. The van der Waals surface area contributed by atoms with Crippen LogP contribution in [-0.2, 0) is 116 Å². The van der Waals surface area contributed by atoms with E-state index in [1.165, 1.54) is 48.5 Å². The van der Waals surface area contributed by atoms with Crippen LogP contribution in [0.25, 0.3) is 0 Å². The minimum atomic E-state index is -5.74. The molecule has 10 atom stereocenters. The maximum atomic E-state index is 12.7. The van der Waals surface area contributed by atoms with Gasteiger partial charge in [0.15, 0.2) is 12.2 Å². The van der Waals surface area contributed by atoms with Crippen LogP contribution >= 0.6 is 23.5 Å². The second-order valence-electron chi connectivity index (χ2n) is 13.3. The number of thioether (sulfide) groups is 2. The van der Waals surface area contributed by atoms with Crippen molar-refractivity contribution in [3.63, 3.8) is 0 Å². The van der Waals surface area contributed by atoms with E-state index in [0.29, 0.717) is 23.5 Å². The number of benzene rings is 2. The third kappa shape index (κ3) is 19.3. The lowest BCUT2D eigenvalue weighted by atomic mass is 10.00. The van der Waals surface area contributed by atoms with E-state index in [4.69, 9.17) is 18.6 Å². The Morgan fingerprint density at radius 2 is 0.671 bits per heavy atom. The van der Waals surface area contributed by atoms with E-state index in [9.17, 15) is 98.1 Å². The molecule has 4 rings (SSSR count). The molecule has 2 heterocycles. The third-order valence-electron chi connectivity index (χ3n) is 8.23. The fraction of sp³-hybridized carbons (Fsp3) is 0.429. The summed E-state index contributed by atoms with van der Waals surface area (Å²) in [5.74, 6) is -5.75. The van der Waals surface area contributed by atoms with Crippen molar-refractivity contribution < 1.29 is 142 Å². The number of nitrogens with one attached hydrogen (secondary N) is 2. The standard InChI is InChI=1S/C28H32N2O32S8/c31-15(29-11-1-5-13(6-2-11)63-27-23(61-69(49,50)51)19(59-67(43,44)45)17(57-65(37,38)39)21(55-27)25(33)34)9-10-16(32)30-12-3-7-14(8-4-12)64-28-24(62-70(52,53)54)20(60-68(46,47)48)18(58-66(40,41)42)22(56-28)26(35)36/h1-8,17-24,27-28H,9-10H2,(H,29,31)(H,30,32)(H,33,34)(H,35,36)(H,37,38,39)(H,40,41,42)(H,43,44,45)(H,46,47,48)(H,49,50,51)(H,52,53,54)/t17-,18-,19-,20-,21-,22-,23+,24+,27-,28-/m0/s1. The van der Waals surface area contributed by atoms with Gasteiger partial charge in [-0.3, -0.25) is 36.9 Å². The van der Waals surface area contributed by atoms with E-state index < -0.39 is 159 Å². The Balaban J connectivity index is 1.42. The molecule has 10 N–H and O–H groups in total. The number of carbonyl (C=O) groups is 4. The Bertz CT molecular complexity index is 2750. The van der Waals surface area contributed by atoms with E-state index in [1.54, 1.807) is 0 Å². The van der Waals surface area contributed by atoms with Crippen molar-refractivity contribution in [1.29, 1.82) is 0 Å². The van der Waals surface area contributed by atoms with Gasteiger partial charge in [0, 0.05) is 34.0 Å². The molecule has 34 nitrogen and oxygen atoms in total. The third-order valence-corrected chi connectivity index (χ3v) is 13.3. The summed E-state index contributed by atoms with van der Waals surface area (Å²) in [6, 6.07) is 9.45. The first-order valence-electron chi connectivity index (χ1n) is 17.7. The van der Waals surface area contributed by atoms with Crippen LogP contribution in [0.5, 0.6) is 0 Å². The summed E-state index contributed by atoms with van der Waals surface area (Å²) in [4.78, 5) is 49.3. The van der Waals surface area contributed by atoms with Crippen LogP contribution in [-0.4, -0.2) is 171 Å². The fourth-order valence-corrected chi connectivity index (χ4v) is 11.1. The van der Waals surface area contributed by atoms with Crippen LogP contribution in [0.4, 0.5) is 11.4 Å². The lowest BCUT2D eigenvalue weighted by molar-refractivity contribution is -0.195. The molecule has 2 aromatic carbocycles. The summed E-state index contributed by atoms with van der Waals surface area (Å²) in [6.07, 6.45) is -22.4. The number of anilines is 2. The molecule has 0 bridgehead atoms. The Kier molecular flexibility index (Phi) is 19.2. The molecule has 2 aromatic rings. The molecule has 0 aromatic heterocycles. The van der Waals surface area contributed by atoms with E-state index >= 15 is 0 Å². The highest BCUT2D eigenvalue weighted by Gasteiger charge is 2.57. The summed E-state index contributed by atoms with van der Waals surface area (Å²) in [5, 5.41) is 24.1. The van der Waals surface area contributed by atoms with Gasteiger partial charge >= 0.3 is 74.3 Å². The zero-order valence-electron chi connectivity index (χ0n) is 33.4. The number of ether oxygens (including phenoxy) is 2. The highest BCUT2D eigenvalue weighted by molar-refractivity contribution is 8.00. The molecule has 0 aliphatic carbocycles. The average molecular weight is 1170 g/mol. The van der Waals surface area contributed by atoms with Crippen molar-refractivity contribution in [3.8, 4) is 0 Å². The summed E-state index contributed by atoms with van der Waals surface area (Å²) in [5.41, 5.74) is -4.07. The van der Waals surface area contributed by atoms with Crippen molar-refractivity contribution in [2.75, 3.05) is 10.6 Å². The van der Waals surface area contributed by atoms with Crippen LogP contribution in [0.3, 0.4) is 0 Å². The lowest BCUT2D eigenvalue weighted by Gasteiger charge is -2.41. The number of carbonyl (C=O) groups excluding carboxylic acids is 2. The molecule has 0 spiro atoms. The van der Waals surface area contributed by atoms with Gasteiger partial charge in [0.25, 0.3) is 0 Å². The number of amides is 2. The number of hydrogen-bond donors (Lipinski definition) is 10. The number of carboxylic acid groups (broad SMARTS) is 2. The van der Waals surface area contributed by atoms with Crippen molar-refractivity contribution in [2.24, 2.45) is 0 Å². The van der Waals surface area contributed by atoms with Crippen LogP contribution in [0.15, 0.2) is 58.3 Å². The van der Waals surface area contributed by atoms with Gasteiger partial charge in [-0.05, 0) is 48.5 Å². The molecular weight excluding hydrogens is 1130 g/mol. The summed E-state index contributed by atoms with van der Waals surface area (Å²) in [7, 11) is -34.2. The molecule has 0 unspecified atom stereocenters. The molecule has 2 fully saturated rings. The molecule has 2 saturated heterocycles. The molecule has 2 aliphatic rings. The highest BCUT2D eigenvalue weighted by Crippen LogP contribution is 2.41. The van der Waals surface area contributed by atoms with Gasteiger partial charge in [-0.1, -0.05) is 23.5 Å². The first-order valence-corrected chi connectivity index (χ1v) is 27.6. The average Bonchev–Trinajstić information content (AvgIpc) is 3.16. The van der Waals surface area contributed by atoms with Crippen LogP contribution < -0.4 is 10.6 Å². The van der Waals surface area contributed by atoms with E-state index in [1.807, 2.05) is 0 Å². The zero-order chi connectivity index (χ0) is 52.9. The largest absolute Gasteiger partial charge is 0.479 e. The summed E-state index contributed by atoms with van der Waals surface area (Å²) in [6.45, 7) is 0. The van der Waals surface area contributed by atoms with E-state index in [2.05, 4.69) is 35.7 Å². The predicted molar refractivity (Wildman–Crippen MR) is 222 cm³/mol. The Labute approximate surface area is 402 Å². The second-order valence-corrected chi connectivity index (χ2v) is 22.0. The minimum Gasteiger partial charge on any atom is -0.479 e. The van der Waals surface area contributed by atoms with Crippen molar-refractivity contribution >= 4 is 121 Å². The van der Waals surface area contributed by atoms with Gasteiger partial charge in [-0.2, -0.15) is 50.5 Å². The molecule has 394 valence electrons. The number of aliphatic carboxylic acids is 2. The molecule has 70 heavy (non-hydrogen) atoms. The minimum absolute atomic E-state index is 0.0177. The molecular formula is C28H32N2O32S8. The number of carboxylic acids is 2. The first-order chi connectivity index (χ1) is 31.8. The predicted octanol–water partition coefficient (Wildman–Crippen LogP) is -2.02. The van der Waals surface area contributed by atoms with Crippen LogP contribution in [0.2, 0.25) is 0 Å². The maximum absolute atomic E-state index is 12.7. The van der Waals surface area contributed by atoms with Crippen molar-refractivity contribution in [2.45, 2.75) is 82.3 Å². The topological polar surface area (TPSA) is 533 Å². The second kappa shape index (κ2) is 22.9. The zero-order valence-corrected chi connectivity index (χ0v) is 40.0. The Morgan fingerprint density at radius 3 is 0.914 bits per heavy atom. The maximum Gasteiger partial charge on any atom is 0.397 e. The SMILES string of the molecule is O=C(CCC(=O)Nc1ccc(S[C@@H]2O[C@H](C(=O)O)[C@@H](OS(=O)(=O)O)[C@H](OS(=O)(=O)O)[C@H]2OS(=O)(=O)O)cc1)Nc1ccc(S[C@@H]2O[C@H](C(=O)O)[C@@H](OS(=O)(=O)O)[C@H](OS(=O)(=O)O)[C@H]2OS(=O)(=O)O)cc1. The summed E-state index contributed by atoms with van der Waals surface area (Å²) >= 11 is 0.675. The van der Waals surface area contributed by atoms with Gasteiger partial charge in [0.05, 0.1) is 0 Å². The summed E-state index contributed by atoms with van der Waals surface area (Å²) < 4.78 is 231. The van der Waals surface area contributed by atoms with Gasteiger partial charge in [0.1, 0.15) is 47.5 Å². The monoisotopic (exact) mass is 1160 g/mol. The highest BCUT2D eigenvalue weighted by atomic mass is 32.3.